The molecule has 0 saturated heterocycles. The lowest BCUT2D eigenvalue weighted by Gasteiger charge is -2.54. The molecule has 30 heavy (non-hydrogen) atoms. The van der Waals surface area contributed by atoms with Crippen LogP contribution in [0.1, 0.15) is 70.3 Å². The maximum absolute atomic E-state index is 12.1. The van der Waals surface area contributed by atoms with Crippen LogP contribution in [-0.2, 0) is 4.79 Å². The number of hydrogen-bond acceptors (Lipinski definition) is 3. The molecule has 0 aliphatic heterocycles. The smallest absolute Gasteiger partial charge is 0.156 e. The van der Waals surface area contributed by atoms with Gasteiger partial charge >= 0.3 is 0 Å². The van der Waals surface area contributed by atoms with Crippen molar-refractivity contribution in [3.8, 4) is 0 Å². The normalized spacial score (nSPS) is 38.0. The van der Waals surface area contributed by atoms with Crippen molar-refractivity contribution in [1.29, 1.82) is 0 Å². The monoisotopic (exact) mass is 405 g/mol. The molecule has 160 valence electrons. The van der Waals surface area contributed by atoms with E-state index in [2.05, 4.69) is 57.1 Å². The van der Waals surface area contributed by atoms with E-state index in [4.69, 9.17) is 0 Å². The molecular weight excluding hydrogens is 370 g/mol. The number of allylic oxidation sites excluding steroid dienone is 4. The topological polar surface area (TPSA) is 40.5 Å². The average molecular weight is 406 g/mol. The van der Waals surface area contributed by atoms with Gasteiger partial charge in [-0.05, 0) is 92.2 Å². The number of hydrogen-bond donors (Lipinski definition) is 1. The van der Waals surface area contributed by atoms with E-state index in [1.54, 1.807) is 5.57 Å². The Morgan fingerprint density at radius 1 is 1.03 bits per heavy atom. The summed E-state index contributed by atoms with van der Waals surface area (Å²) < 4.78 is 0. The van der Waals surface area contributed by atoms with Gasteiger partial charge in [0, 0.05) is 37.5 Å². The number of carbonyl (C=O) groups excluding carboxylic acids is 1. The van der Waals surface area contributed by atoms with Gasteiger partial charge in [-0.2, -0.15) is 0 Å². The molecule has 0 spiro atoms. The predicted molar refractivity (Wildman–Crippen MR) is 122 cm³/mol. The summed E-state index contributed by atoms with van der Waals surface area (Å²) in [6, 6.07) is 9.04. The fourth-order valence-electron chi connectivity index (χ4n) is 7.18. The highest BCUT2D eigenvalue weighted by atomic mass is 16.3. The van der Waals surface area contributed by atoms with Gasteiger partial charge in [0.2, 0.25) is 0 Å². The molecule has 0 heterocycles. The summed E-state index contributed by atoms with van der Waals surface area (Å²) >= 11 is 0. The lowest BCUT2D eigenvalue weighted by atomic mass is 9.51. The van der Waals surface area contributed by atoms with E-state index in [1.807, 2.05) is 6.08 Å². The van der Waals surface area contributed by atoms with Crippen LogP contribution in [0.15, 0.2) is 47.1 Å². The highest BCUT2D eigenvalue weighted by molar-refractivity contribution is 5.93. The Balaban J connectivity index is 1.66. The van der Waals surface area contributed by atoms with Gasteiger partial charge in [0.15, 0.2) is 5.78 Å². The van der Waals surface area contributed by atoms with E-state index in [0.29, 0.717) is 30.0 Å². The number of aliphatic hydroxyl groups is 1. The minimum absolute atomic E-state index is 0.0572. The number of benzene rings is 1. The van der Waals surface area contributed by atoms with Crippen LogP contribution >= 0.6 is 0 Å². The molecule has 0 amide bonds. The van der Waals surface area contributed by atoms with E-state index in [9.17, 15) is 9.90 Å². The third-order valence-electron chi connectivity index (χ3n) is 9.11. The fourth-order valence-corrected chi connectivity index (χ4v) is 7.18. The van der Waals surface area contributed by atoms with Crippen molar-refractivity contribution in [3.05, 3.63) is 52.6 Å². The second-order valence-corrected chi connectivity index (χ2v) is 10.8. The fraction of sp³-hybridized carbons (Fsp3) is 0.593. The summed E-state index contributed by atoms with van der Waals surface area (Å²) in [5, 5.41) is 11.4. The van der Waals surface area contributed by atoms with Gasteiger partial charge in [0.1, 0.15) is 0 Å². The molecule has 3 nitrogen and oxygen atoms in total. The number of rotatable bonds is 2. The molecule has 4 aliphatic rings. The van der Waals surface area contributed by atoms with Crippen molar-refractivity contribution in [2.45, 2.75) is 70.3 Å². The predicted octanol–water partition coefficient (Wildman–Crippen LogP) is 5.40. The maximum Gasteiger partial charge on any atom is 0.156 e. The zero-order chi connectivity index (χ0) is 21.3. The van der Waals surface area contributed by atoms with Gasteiger partial charge < -0.3 is 10.0 Å². The first-order valence-corrected chi connectivity index (χ1v) is 11.7. The van der Waals surface area contributed by atoms with Crippen LogP contribution in [0.2, 0.25) is 0 Å². The third kappa shape index (κ3) is 2.85. The summed E-state index contributed by atoms with van der Waals surface area (Å²) in [6.45, 7) is 4.42. The lowest BCUT2D eigenvalue weighted by molar-refractivity contribution is -0.114. The molecule has 4 aliphatic carbocycles. The summed E-state index contributed by atoms with van der Waals surface area (Å²) in [4.78, 5) is 14.3. The standard InChI is InChI=1S/C27H35NO2/c1-26-16-23(17-5-8-19(9-6-17)28(3)4)25-21-12-10-20(29)15-18(21)7-11-22(25)24(26)13-14-27(26,2)30/h5-6,8-9,15,22-24,30H,7,10-14,16H2,1-4H3/t22-,23+,24+,26-,27-/m0/s1. The average Bonchev–Trinajstić information content (AvgIpc) is 2.96. The minimum Gasteiger partial charge on any atom is -0.390 e. The Kier molecular flexibility index (Phi) is 4.56. The second-order valence-electron chi connectivity index (χ2n) is 10.8. The van der Waals surface area contributed by atoms with Crippen LogP contribution in [0.25, 0.3) is 0 Å². The van der Waals surface area contributed by atoms with Crippen molar-refractivity contribution < 1.29 is 9.90 Å². The molecule has 0 aromatic heterocycles. The number of ketones is 1. The Morgan fingerprint density at radius 3 is 2.47 bits per heavy atom. The molecular formula is C27H35NO2. The van der Waals surface area contributed by atoms with Crippen molar-refractivity contribution in [2.75, 3.05) is 19.0 Å². The molecule has 1 aromatic rings. The lowest BCUT2D eigenvalue weighted by Crippen LogP contribution is -2.50. The highest BCUT2D eigenvalue weighted by Gasteiger charge is 2.60. The van der Waals surface area contributed by atoms with Gasteiger partial charge in [-0.3, -0.25) is 4.79 Å². The SMILES string of the molecule is CN(C)c1ccc([C@H]2C[C@@]3(C)[C@H](CC[C@]3(C)O)[C@@H]3CCC4=CC(=O)CCC4=C32)cc1. The molecule has 5 rings (SSSR count). The highest BCUT2D eigenvalue weighted by Crippen LogP contribution is 2.66. The zero-order valence-corrected chi connectivity index (χ0v) is 18.9. The quantitative estimate of drug-likeness (QED) is 0.716. The Hall–Kier alpha value is -1.87. The first-order chi connectivity index (χ1) is 14.2. The van der Waals surface area contributed by atoms with Gasteiger partial charge in [-0.15, -0.1) is 0 Å². The van der Waals surface area contributed by atoms with E-state index >= 15 is 0 Å². The maximum atomic E-state index is 12.1. The zero-order valence-electron chi connectivity index (χ0n) is 18.9. The molecule has 2 saturated carbocycles. The molecule has 1 aromatic carbocycles. The van der Waals surface area contributed by atoms with Crippen molar-refractivity contribution in [2.24, 2.45) is 17.3 Å². The van der Waals surface area contributed by atoms with Crippen LogP contribution in [0.3, 0.4) is 0 Å². The summed E-state index contributed by atoms with van der Waals surface area (Å²) in [6.07, 6.45) is 8.67. The van der Waals surface area contributed by atoms with Crippen LogP contribution in [-0.4, -0.2) is 30.6 Å². The third-order valence-corrected chi connectivity index (χ3v) is 9.11. The Morgan fingerprint density at radius 2 is 1.77 bits per heavy atom. The second kappa shape index (κ2) is 6.82. The Bertz CT molecular complexity index is 936. The van der Waals surface area contributed by atoms with E-state index in [-0.39, 0.29) is 5.41 Å². The Labute approximate surface area is 180 Å². The largest absolute Gasteiger partial charge is 0.390 e. The molecule has 5 atom stereocenters. The van der Waals surface area contributed by atoms with Gasteiger partial charge in [0.05, 0.1) is 5.60 Å². The van der Waals surface area contributed by atoms with Crippen LogP contribution < -0.4 is 4.90 Å². The van der Waals surface area contributed by atoms with Crippen molar-refractivity contribution in [1.82, 2.24) is 0 Å². The number of carbonyl (C=O) groups is 1. The molecule has 0 unspecified atom stereocenters. The first-order valence-electron chi connectivity index (χ1n) is 11.7. The number of anilines is 1. The van der Waals surface area contributed by atoms with Crippen LogP contribution in [0, 0.1) is 17.3 Å². The minimum atomic E-state index is -0.603. The van der Waals surface area contributed by atoms with Crippen molar-refractivity contribution in [3.63, 3.8) is 0 Å². The number of fused-ring (bicyclic) bond motifs is 4. The molecule has 3 heteroatoms. The van der Waals surface area contributed by atoms with Crippen molar-refractivity contribution >= 4 is 11.5 Å². The van der Waals surface area contributed by atoms with Gasteiger partial charge in [-0.1, -0.05) is 24.6 Å². The molecule has 2 fully saturated rings. The molecule has 0 bridgehead atoms. The van der Waals surface area contributed by atoms with Crippen LogP contribution in [0.4, 0.5) is 5.69 Å². The van der Waals surface area contributed by atoms with Gasteiger partial charge in [-0.25, -0.2) is 0 Å². The van der Waals surface area contributed by atoms with Crippen LogP contribution in [0.5, 0.6) is 0 Å². The van der Waals surface area contributed by atoms with Gasteiger partial charge in [0.25, 0.3) is 0 Å². The molecule has 0 radical (unpaired) electrons. The number of nitrogens with zero attached hydrogens (tertiary/aromatic N) is 1. The first kappa shape index (κ1) is 20.1. The van der Waals surface area contributed by atoms with E-state index in [0.717, 1.165) is 38.5 Å². The van der Waals surface area contributed by atoms with E-state index < -0.39 is 5.60 Å². The summed E-state index contributed by atoms with van der Waals surface area (Å²) in [7, 11) is 4.16. The summed E-state index contributed by atoms with van der Waals surface area (Å²) in [5.74, 6) is 1.72. The summed E-state index contributed by atoms with van der Waals surface area (Å²) in [5.41, 5.74) is 6.33. The molecule has 1 N–H and O–H groups in total. The van der Waals surface area contributed by atoms with E-state index in [1.165, 1.54) is 22.4 Å².